The molecule has 124 valence electrons. The molecule has 1 amide bonds. The summed E-state index contributed by atoms with van der Waals surface area (Å²) in [5.74, 6) is -0.743. The summed E-state index contributed by atoms with van der Waals surface area (Å²) in [6, 6.07) is 4.11. The number of unbranched alkanes of at least 4 members (excludes halogenated alkanes) is 1. The summed E-state index contributed by atoms with van der Waals surface area (Å²) in [6.07, 6.45) is 2.17. The molecule has 1 aromatic carbocycles. The van der Waals surface area contributed by atoms with E-state index in [-0.39, 0.29) is 22.4 Å². The SMILES string of the molecule is CCCCNc1nnc(SCC(=O)Nc2ccc(Cl)cc2F)s1. The van der Waals surface area contributed by atoms with Crippen molar-refractivity contribution in [3.8, 4) is 0 Å². The molecule has 1 heterocycles. The molecule has 0 atom stereocenters. The van der Waals surface area contributed by atoms with Crippen LogP contribution in [0, 0.1) is 5.82 Å². The van der Waals surface area contributed by atoms with E-state index in [2.05, 4.69) is 27.8 Å². The zero-order chi connectivity index (χ0) is 16.7. The average Bonchev–Trinajstić information content (AvgIpc) is 2.96. The first-order valence-electron chi connectivity index (χ1n) is 7.03. The van der Waals surface area contributed by atoms with Crippen LogP contribution in [0.25, 0.3) is 0 Å². The van der Waals surface area contributed by atoms with Gasteiger partial charge in [0.05, 0.1) is 11.4 Å². The zero-order valence-electron chi connectivity index (χ0n) is 12.4. The first-order chi connectivity index (χ1) is 11.1. The van der Waals surface area contributed by atoms with Gasteiger partial charge in [-0.2, -0.15) is 0 Å². The quantitative estimate of drug-likeness (QED) is 0.533. The third-order valence-electron chi connectivity index (χ3n) is 2.74. The molecule has 0 aliphatic rings. The van der Waals surface area contributed by atoms with Gasteiger partial charge in [0.25, 0.3) is 0 Å². The Morgan fingerprint density at radius 2 is 2.26 bits per heavy atom. The topological polar surface area (TPSA) is 66.9 Å². The van der Waals surface area contributed by atoms with E-state index in [9.17, 15) is 9.18 Å². The van der Waals surface area contributed by atoms with Gasteiger partial charge < -0.3 is 10.6 Å². The van der Waals surface area contributed by atoms with Crippen molar-refractivity contribution in [2.24, 2.45) is 0 Å². The van der Waals surface area contributed by atoms with Crippen LogP contribution in [0.2, 0.25) is 5.02 Å². The normalized spacial score (nSPS) is 10.6. The first kappa shape index (κ1) is 18.0. The molecule has 2 rings (SSSR count). The van der Waals surface area contributed by atoms with E-state index >= 15 is 0 Å². The number of amides is 1. The molecule has 1 aromatic heterocycles. The minimum atomic E-state index is -0.561. The predicted octanol–water partition coefficient (Wildman–Crippen LogP) is 4.27. The standard InChI is InChI=1S/C14H16ClFN4OS2/c1-2-3-6-17-13-19-20-14(23-13)22-8-12(21)18-11-5-4-9(15)7-10(11)16/h4-5,7H,2-3,6,8H2,1H3,(H,17,19)(H,18,21). The monoisotopic (exact) mass is 374 g/mol. The number of anilines is 2. The highest BCUT2D eigenvalue weighted by molar-refractivity contribution is 8.01. The number of nitrogens with one attached hydrogen (secondary N) is 2. The molecule has 0 saturated heterocycles. The van der Waals surface area contributed by atoms with E-state index in [0.29, 0.717) is 4.34 Å². The lowest BCUT2D eigenvalue weighted by Gasteiger charge is -2.05. The number of hydrogen-bond donors (Lipinski definition) is 2. The molecular weight excluding hydrogens is 359 g/mol. The molecule has 0 fully saturated rings. The largest absolute Gasteiger partial charge is 0.360 e. The number of nitrogens with zero attached hydrogens (tertiary/aromatic N) is 2. The van der Waals surface area contributed by atoms with E-state index in [1.165, 1.54) is 35.2 Å². The lowest BCUT2D eigenvalue weighted by Crippen LogP contribution is -2.14. The van der Waals surface area contributed by atoms with E-state index < -0.39 is 5.82 Å². The molecule has 2 N–H and O–H groups in total. The summed E-state index contributed by atoms with van der Waals surface area (Å²) in [7, 11) is 0. The van der Waals surface area contributed by atoms with Gasteiger partial charge in [-0.1, -0.05) is 48.0 Å². The highest BCUT2D eigenvalue weighted by Gasteiger charge is 2.10. The number of hydrogen-bond acceptors (Lipinski definition) is 6. The molecule has 0 aliphatic carbocycles. The predicted molar refractivity (Wildman–Crippen MR) is 94.1 cm³/mol. The second-order valence-corrected chi connectivity index (χ2v) is 7.25. The molecule has 0 bridgehead atoms. The van der Waals surface area contributed by atoms with Gasteiger partial charge in [-0.15, -0.1) is 10.2 Å². The Morgan fingerprint density at radius 3 is 3.00 bits per heavy atom. The molecule has 0 unspecified atom stereocenters. The minimum absolute atomic E-state index is 0.110. The fourth-order valence-electron chi connectivity index (χ4n) is 1.62. The molecule has 2 aromatic rings. The van der Waals surface area contributed by atoms with Crippen LogP contribution >= 0.6 is 34.7 Å². The number of aromatic nitrogens is 2. The lowest BCUT2D eigenvalue weighted by molar-refractivity contribution is -0.113. The van der Waals surface area contributed by atoms with E-state index in [1.54, 1.807) is 0 Å². The summed E-state index contributed by atoms with van der Waals surface area (Å²) >= 11 is 8.32. The molecule has 5 nitrogen and oxygen atoms in total. The maximum absolute atomic E-state index is 13.6. The van der Waals surface area contributed by atoms with Gasteiger partial charge in [-0.05, 0) is 24.6 Å². The smallest absolute Gasteiger partial charge is 0.234 e. The van der Waals surface area contributed by atoms with Gasteiger partial charge in [-0.25, -0.2) is 4.39 Å². The van der Waals surface area contributed by atoms with Crippen LogP contribution in [0.1, 0.15) is 19.8 Å². The average molecular weight is 375 g/mol. The van der Waals surface area contributed by atoms with Crippen molar-refractivity contribution in [2.45, 2.75) is 24.1 Å². The van der Waals surface area contributed by atoms with Crippen molar-refractivity contribution < 1.29 is 9.18 Å². The highest BCUT2D eigenvalue weighted by Crippen LogP contribution is 2.26. The van der Waals surface area contributed by atoms with E-state index in [4.69, 9.17) is 11.6 Å². The zero-order valence-corrected chi connectivity index (χ0v) is 14.8. The number of carbonyl (C=O) groups is 1. The van der Waals surface area contributed by atoms with Gasteiger partial charge >= 0.3 is 0 Å². The Labute approximate surface area is 147 Å². The Balaban J connectivity index is 1.80. The molecule has 0 aliphatic heterocycles. The van der Waals surface area contributed by atoms with Crippen molar-refractivity contribution in [1.82, 2.24) is 10.2 Å². The molecular formula is C14H16ClFN4OS2. The number of halogens is 2. The lowest BCUT2D eigenvalue weighted by atomic mass is 10.3. The fraction of sp³-hybridized carbons (Fsp3) is 0.357. The molecule has 9 heteroatoms. The van der Waals surface area contributed by atoms with Crippen LogP contribution in [0.4, 0.5) is 15.2 Å². The van der Waals surface area contributed by atoms with Gasteiger partial charge in [0.1, 0.15) is 5.82 Å². The third-order valence-corrected chi connectivity index (χ3v) is 4.99. The maximum atomic E-state index is 13.6. The number of thioether (sulfide) groups is 1. The highest BCUT2D eigenvalue weighted by atomic mass is 35.5. The van der Waals surface area contributed by atoms with Crippen molar-refractivity contribution >= 4 is 51.4 Å². The van der Waals surface area contributed by atoms with Gasteiger partial charge in [-0.3, -0.25) is 4.79 Å². The third kappa shape index (κ3) is 5.96. The second kappa shape index (κ2) is 9.05. The van der Waals surface area contributed by atoms with Crippen molar-refractivity contribution in [3.05, 3.63) is 29.0 Å². The van der Waals surface area contributed by atoms with Gasteiger partial charge in [0, 0.05) is 11.6 Å². The summed E-state index contributed by atoms with van der Waals surface area (Å²) < 4.78 is 14.3. The van der Waals surface area contributed by atoms with Gasteiger partial charge in [0.15, 0.2) is 4.34 Å². The van der Waals surface area contributed by atoms with Crippen LogP contribution < -0.4 is 10.6 Å². The van der Waals surface area contributed by atoms with Crippen LogP contribution in [0.5, 0.6) is 0 Å². The number of rotatable bonds is 8. The summed E-state index contributed by atoms with van der Waals surface area (Å²) in [5.41, 5.74) is 0.110. The molecule has 23 heavy (non-hydrogen) atoms. The van der Waals surface area contributed by atoms with E-state index in [1.807, 2.05) is 0 Å². The van der Waals surface area contributed by atoms with Crippen LogP contribution in [0.15, 0.2) is 22.5 Å². The maximum Gasteiger partial charge on any atom is 0.234 e. The van der Waals surface area contributed by atoms with Crippen LogP contribution in [-0.4, -0.2) is 28.4 Å². The molecule has 0 saturated carbocycles. The fourth-order valence-corrected chi connectivity index (χ4v) is 3.35. The molecule has 0 spiro atoms. The van der Waals surface area contributed by atoms with Crippen molar-refractivity contribution in [3.63, 3.8) is 0 Å². The summed E-state index contributed by atoms with van der Waals surface area (Å²) in [4.78, 5) is 11.8. The van der Waals surface area contributed by atoms with Crippen LogP contribution in [-0.2, 0) is 4.79 Å². The Bertz CT molecular complexity index is 668. The van der Waals surface area contributed by atoms with Crippen molar-refractivity contribution in [2.75, 3.05) is 22.9 Å². The Morgan fingerprint density at radius 1 is 1.43 bits per heavy atom. The number of carbonyl (C=O) groups excluding carboxylic acids is 1. The van der Waals surface area contributed by atoms with Crippen molar-refractivity contribution in [1.29, 1.82) is 0 Å². The van der Waals surface area contributed by atoms with Crippen LogP contribution in [0.3, 0.4) is 0 Å². The molecule has 0 radical (unpaired) electrons. The van der Waals surface area contributed by atoms with E-state index in [0.717, 1.165) is 30.6 Å². The Kier molecular flexibility index (Phi) is 7.07. The van der Waals surface area contributed by atoms with Gasteiger partial charge in [0.2, 0.25) is 11.0 Å². The summed E-state index contributed by atoms with van der Waals surface area (Å²) in [6.45, 7) is 2.97. The first-order valence-corrected chi connectivity index (χ1v) is 9.21. The second-order valence-electron chi connectivity index (χ2n) is 4.61. The summed E-state index contributed by atoms with van der Waals surface area (Å²) in [5, 5.41) is 14.7. The Hall–Kier alpha value is -1.38. The minimum Gasteiger partial charge on any atom is -0.360 e. The number of benzene rings is 1.